The monoisotopic (exact) mass is 357 g/mol. The second-order valence-electron chi connectivity index (χ2n) is 5.36. The summed E-state index contributed by atoms with van der Waals surface area (Å²) in [5.41, 5.74) is 12.3. The van der Waals surface area contributed by atoms with Gasteiger partial charge in [0.1, 0.15) is 18.1 Å². The molecule has 0 aliphatic carbocycles. The van der Waals surface area contributed by atoms with Crippen LogP contribution in [0.3, 0.4) is 0 Å². The highest BCUT2D eigenvalue weighted by atomic mass is 32.1. The lowest BCUT2D eigenvalue weighted by Crippen LogP contribution is -2.36. The summed E-state index contributed by atoms with van der Waals surface area (Å²) in [6.07, 6.45) is 0. The number of carbonyl (C=O) groups is 1. The Morgan fingerprint density at radius 2 is 2.08 bits per heavy atom. The molecule has 6 N–H and O–H groups in total. The van der Waals surface area contributed by atoms with Crippen molar-refractivity contribution in [3.8, 4) is 5.75 Å². The lowest BCUT2D eigenvalue weighted by molar-refractivity contribution is 0.0972. The highest BCUT2D eigenvalue weighted by molar-refractivity contribution is 7.11. The van der Waals surface area contributed by atoms with Gasteiger partial charge in [-0.25, -0.2) is 0 Å². The number of guanidine groups is 1. The van der Waals surface area contributed by atoms with Gasteiger partial charge in [-0.15, -0.1) is 11.3 Å². The first-order valence-corrected chi connectivity index (χ1v) is 8.47. The Kier molecular flexibility index (Phi) is 5.01. The second-order valence-corrected chi connectivity index (χ2v) is 6.61. The highest BCUT2D eigenvalue weighted by Crippen LogP contribution is 2.23. The smallest absolute Gasteiger partial charge is 0.274 e. The Balaban J connectivity index is 1.72. The fourth-order valence-corrected chi connectivity index (χ4v) is 3.13. The van der Waals surface area contributed by atoms with Gasteiger partial charge in [0.2, 0.25) is 0 Å². The molecule has 1 amide bonds. The first kappa shape index (κ1) is 17.0. The van der Waals surface area contributed by atoms with Gasteiger partial charge in [0, 0.05) is 40.3 Å². The molecule has 0 unspecified atom stereocenters. The molecule has 1 aromatic carbocycles. The zero-order chi connectivity index (χ0) is 17.8. The molecule has 3 rings (SSSR count). The number of carbonyl (C=O) groups excluding carboxylic acids is 1. The molecule has 0 aliphatic heterocycles. The van der Waals surface area contributed by atoms with Crippen LogP contribution in [0.15, 0.2) is 41.4 Å². The van der Waals surface area contributed by atoms with Gasteiger partial charge in [0.25, 0.3) is 5.91 Å². The van der Waals surface area contributed by atoms with E-state index in [1.807, 2.05) is 30.3 Å². The zero-order valence-electron chi connectivity index (χ0n) is 13.7. The molecule has 3 aromatic rings. The minimum atomic E-state index is -0.338. The van der Waals surface area contributed by atoms with Gasteiger partial charge in [-0.3, -0.25) is 15.1 Å². The third-order valence-corrected chi connectivity index (χ3v) is 4.70. The second kappa shape index (κ2) is 7.37. The number of ether oxygens (including phenoxy) is 1. The van der Waals surface area contributed by atoms with E-state index in [1.54, 1.807) is 17.4 Å². The molecule has 0 atom stereocenters. The van der Waals surface area contributed by atoms with E-state index in [0.717, 1.165) is 26.4 Å². The van der Waals surface area contributed by atoms with Crippen LogP contribution in [0.5, 0.6) is 5.75 Å². The number of thiophene rings is 1. The number of amides is 1. The van der Waals surface area contributed by atoms with E-state index in [-0.39, 0.29) is 11.9 Å². The van der Waals surface area contributed by atoms with Crippen LogP contribution >= 0.6 is 11.3 Å². The van der Waals surface area contributed by atoms with E-state index in [4.69, 9.17) is 16.2 Å². The lowest BCUT2D eigenvalue weighted by atomic mass is 10.2. The number of aromatic nitrogens is 1. The number of hydrogen-bond acceptors (Lipinski definition) is 5. The third-order valence-electron chi connectivity index (χ3n) is 3.62. The predicted molar refractivity (Wildman–Crippen MR) is 99.9 cm³/mol. The van der Waals surface area contributed by atoms with Crippen LogP contribution in [0.2, 0.25) is 0 Å². The molecule has 25 heavy (non-hydrogen) atoms. The highest BCUT2D eigenvalue weighted by Gasteiger charge is 2.11. The molecule has 0 bridgehead atoms. The minimum Gasteiger partial charge on any atom is -0.488 e. The summed E-state index contributed by atoms with van der Waals surface area (Å²) in [6.45, 7) is 1.02. The molecular formula is C17H19N5O2S. The van der Waals surface area contributed by atoms with Crippen molar-refractivity contribution in [2.45, 2.75) is 13.2 Å². The van der Waals surface area contributed by atoms with Gasteiger partial charge in [-0.2, -0.15) is 0 Å². The molecule has 0 saturated carbocycles. The number of aliphatic imine (C=N–C) groups is 1. The van der Waals surface area contributed by atoms with Gasteiger partial charge in [0.05, 0.1) is 0 Å². The Hall–Kier alpha value is -2.84. The summed E-state index contributed by atoms with van der Waals surface area (Å²) < 4.78 is 5.82. The summed E-state index contributed by atoms with van der Waals surface area (Å²) >= 11 is 1.64. The van der Waals surface area contributed by atoms with Gasteiger partial charge < -0.3 is 21.2 Å². The molecule has 8 heteroatoms. The number of nitrogens with zero attached hydrogens (tertiary/aromatic N) is 1. The van der Waals surface area contributed by atoms with Gasteiger partial charge in [-0.1, -0.05) is 0 Å². The van der Waals surface area contributed by atoms with Crippen LogP contribution < -0.4 is 21.5 Å². The number of benzene rings is 1. The third kappa shape index (κ3) is 3.98. The quantitative estimate of drug-likeness (QED) is 0.412. The van der Waals surface area contributed by atoms with Crippen molar-refractivity contribution >= 4 is 34.1 Å². The molecule has 0 aliphatic rings. The minimum absolute atomic E-state index is 0.0699. The molecule has 0 fully saturated rings. The molecular weight excluding hydrogens is 338 g/mol. The number of nitrogens with one attached hydrogen (secondary N) is 2. The van der Waals surface area contributed by atoms with Gasteiger partial charge in [-0.05, 0) is 30.3 Å². The number of nitrogens with two attached hydrogens (primary N) is 2. The number of fused-ring (bicyclic) bond motifs is 1. The van der Waals surface area contributed by atoms with E-state index in [9.17, 15) is 4.79 Å². The number of aromatic amines is 1. The summed E-state index contributed by atoms with van der Waals surface area (Å²) in [7, 11) is 1.51. The standard InChI is InChI=1S/C17H19N5O2S/c1-20-17(19)22-16(23)15-6-10-2-3-11(7-14(10)21-15)24-9-13-5-4-12(8-18)25-13/h2-7,21H,8-9,18H2,1H3,(H3,19,20,22,23). The van der Waals surface area contributed by atoms with Gasteiger partial charge in [0.15, 0.2) is 5.96 Å². The molecule has 2 aromatic heterocycles. The van der Waals surface area contributed by atoms with E-state index in [1.165, 1.54) is 7.05 Å². The zero-order valence-corrected chi connectivity index (χ0v) is 14.5. The summed E-state index contributed by atoms with van der Waals surface area (Å²) in [4.78, 5) is 21.1. The molecule has 0 radical (unpaired) electrons. The first-order chi connectivity index (χ1) is 12.1. The van der Waals surface area contributed by atoms with E-state index in [2.05, 4.69) is 15.3 Å². The van der Waals surface area contributed by atoms with Crippen molar-refractivity contribution in [3.63, 3.8) is 0 Å². The van der Waals surface area contributed by atoms with E-state index < -0.39 is 0 Å². The molecule has 2 heterocycles. The Morgan fingerprint density at radius 1 is 1.28 bits per heavy atom. The van der Waals surface area contributed by atoms with Crippen molar-refractivity contribution in [1.29, 1.82) is 0 Å². The van der Waals surface area contributed by atoms with E-state index in [0.29, 0.717) is 18.8 Å². The average molecular weight is 357 g/mol. The van der Waals surface area contributed by atoms with Crippen molar-refractivity contribution in [1.82, 2.24) is 10.3 Å². The molecule has 7 nitrogen and oxygen atoms in total. The summed E-state index contributed by atoms with van der Waals surface area (Å²) in [5.74, 6) is 0.453. The Bertz CT molecular complexity index is 928. The van der Waals surface area contributed by atoms with Crippen LogP contribution in [0, 0.1) is 0 Å². The van der Waals surface area contributed by atoms with Crippen molar-refractivity contribution in [3.05, 3.63) is 51.8 Å². The van der Waals surface area contributed by atoms with Crippen LogP contribution in [-0.4, -0.2) is 23.9 Å². The van der Waals surface area contributed by atoms with Crippen LogP contribution in [0.1, 0.15) is 20.2 Å². The fraction of sp³-hybridized carbons (Fsp3) is 0.176. The fourth-order valence-electron chi connectivity index (χ4n) is 2.32. The Morgan fingerprint density at radius 3 is 2.80 bits per heavy atom. The Labute approximate surface area is 148 Å². The topological polar surface area (TPSA) is 119 Å². The number of hydrogen-bond donors (Lipinski definition) is 4. The molecule has 0 spiro atoms. The average Bonchev–Trinajstić information content (AvgIpc) is 3.25. The largest absolute Gasteiger partial charge is 0.488 e. The SMILES string of the molecule is CN=C(N)NC(=O)c1cc2ccc(OCc3ccc(CN)s3)cc2[nH]1. The van der Waals surface area contributed by atoms with Crippen molar-refractivity contribution in [2.24, 2.45) is 16.5 Å². The number of H-pyrrole nitrogens is 1. The maximum absolute atomic E-state index is 12.1. The maximum Gasteiger partial charge on any atom is 0.274 e. The maximum atomic E-state index is 12.1. The number of rotatable bonds is 5. The summed E-state index contributed by atoms with van der Waals surface area (Å²) in [6, 6.07) is 11.4. The van der Waals surface area contributed by atoms with Crippen molar-refractivity contribution in [2.75, 3.05) is 7.05 Å². The van der Waals surface area contributed by atoms with Crippen LogP contribution in [-0.2, 0) is 13.2 Å². The van der Waals surface area contributed by atoms with Crippen LogP contribution in [0.4, 0.5) is 0 Å². The molecule has 130 valence electrons. The van der Waals surface area contributed by atoms with Crippen molar-refractivity contribution < 1.29 is 9.53 Å². The summed E-state index contributed by atoms with van der Waals surface area (Å²) in [5, 5.41) is 3.40. The van der Waals surface area contributed by atoms with Crippen LogP contribution in [0.25, 0.3) is 10.9 Å². The van der Waals surface area contributed by atoms with E-state index >= 15 is 0 Å². The first-order valence-electron chi connectivity index (χ1n) is 7.66. The lowest BCUT2D eigenvalue weighted by Gasteiger charge is -2.04. The predicted octanol–water partition coefficient (Wildman–Crippen LogP) is 1.94. The molecule has 0 saturated heterocycles. The van der Waals surface area contributed by atoms with Gasteiger partial charge >= 0.3 is 0 Å². The normalized spacial score (nSPS) is 11.7.